The Labute approximate surface area is 168 Å². The van der Waals surface area contributed by atoms with Crippen molar-refractivity contribution >= 4 is 17.7 Å². The number of rotatable bonds is 3. The van der Waals surface area contributed by atoms with Crippen molar-refractivity contribution in [3.05, 3.63) is 29.8 Å². The van der Waals surface area contributed by atoms with Crippen LogP contribution >= 0.6 is 0 Å². The van der Waals surface area contributed by atoms with Gasteiger partial charge in [-0.25, -0.2) is 4.79 Å². The van der Waals surface area contributed by atoms with E-state index >= 15 is 0 Å². The van der Waals surface area contributed by atoms with Crippen LogP contribution in [0.3, 0.4) is 0 Å². The molecule has 1 heterocycles. The van der Waals surface area contributed by atoms with Crippen molar-refractivity contribution in [2.24, 2.45) is 11.3 Å². The van der Waals surface area contributed by atoms with Crippen LogP contribution in [0.4, 0.5) is 36.8 Å². The molecule has 1 saturated heterocycles. The van der Waals surface area contributed by atoms with Gasteiger partial charge in [-0.2, -0.15) is 26.3 Å². The highest BCUT2D eigenvalue weighted by Gasteiger charge is 2.61. The van der Waals surface area contributed by atoms with E-state index in [9.17, 15) is 35.9 Å². The van der Waals surface area contributed by atoms with Crippen LogP contribution in [0.25, 0.3) is 0 Å². The molecule has 11 heteroatoms. The molecule has 1 saturated carbocycles. The zero-order valence-electron chi connectivity index (χ0n) is 15.9. The number of alkyl halides is 6. The number of halogens is 6. The van der Waals surface area contributed by atoms with E-state index in [1.54, 1.807) is 12.1 Å². The molecule has 1 aromatic rings. The van der Waals surface area contributed by atoms with Gasteiger partial charge in [0.25, 0.3) is 6.10 Å². The second-order valence-electron chi connectivity index (χ2n) is 7.81. The van der Waals surface area contributed by atoms with E-state index in [2.05, 4.69) is 10.1 Å². The van der Waals surface area contributed by atoms with E-state index in [1.807, 2.05) is 19.1 Å². The van der Waals surface area contributed by atoms with Crippen molar-refractivity contribution in [1.82, 2.24) is 4.90 Å². The van der Waals surface area contributed by atoms with E-state index in [0.29, 0.717) is 24.9 Å². The smallest absolute Gasteiger partial charge is 0.426 e. The zero-order chi connectivity index (χ0) is 22.3. The molecular formula is C19H20F6N2O3. The summed E-state index contributed by atoms with van der Waals surface area (Å²) < 4.78 is 79.1. The van der Waals surface area contributed by atoms with Gasteiger partial charge in [-0.15, -0.1) is 0 Å². The Morgan fingerprint density at radius 2 is 1.60 bits per heavy atom. The Kier molecular flexibility index (Phi) is 5.68. The van der Waals surface area contributed by atoms with Gasteiger partial charge in [-0.3, -0.25) is 4.79 Å². The molecule has 1 atom stereocenters. The summed E-state index contributed by atoms with van der Waals surface area (Å²) in [7, 11) is 0. The summed E-state index contributed by atoms with van der Waals surface area (Å²) in [5.41, 5.74) is 1.28. The predicted molar refractivity (Wildman–Crippen MR) is 93.5 cm³/mol. The maximum atomic E-state index is 12.6. The standard InChI is InChI=1S/C19H20F6N2O3/c1-11-2-4-12(5-3-11)26-14(28)13-10-17(13)6-8-27(9-7-17)16(29)30-15(18(20,21)22)19(23,24)25/h2-5,13,15H,6-10H2,1H3,(H,26,28)/t13-/m1/s1. The highest BCUT2D eigenvalue weighted by molar-refractivity contribution is 5.95. The fourth-order valence-electron chi connectivity index (χ4n) is 3.77. The fourth-order valence-corrected chi connectivity index (χ4v) is 3.77. The number of carbonyl (C=O) groups is 2. The van der Waals surface area contributed by atoms with Gasteiger partial charge >= 0.3 is 18.4 Å². The summed E-state index contributed by atoms with van der Waals surface area (Å²) >= 11 is 0. The lowest BCUT2D eigenvalue weighted by atomic mass is 9.91. The zero-order valence-corrected chi connectivity index (χ0v) is 15.9. The third-order valence-corrected chi connectivity index (χ3v) is 5.66. The van der Waals surface area contributed by atoms with Crippen molar-refractivity contribution in [1.29, 1.82) is 0 Å². The average Bonchev–Trinajstić information content (AvgIpc) is 3.33. The number of anilines is 1. The molecule has 3 rings (SSSR count). The number of hydrogen-bond acceptors (Lipinski definition) is 3. The van der Waals surface area contributed by atoms with E-state index in [1.165, 1.54) is 0 Å². The topological polar surface area (TPSA) is 58.6 Å². The first-order valence-corrected chi connectivity index (χ1v) is 9.28. The number of amides is 2. The lowest BCUT2D eigenvalue weighted by Gasteiger charge is -2.33. The SMILES string of the molecule is Cc1ccc(NC(=O)[C@H]2CC23CCN(C(=O)OC(C(F)(F)F)C(F)(F)F)CC3)cc1. The van der Waals surface area contributed by atoms with Gasteiger partial charge in [0.05, 0.1) is 0 Å². The number of piperidine rings is 1. The number of likely N-dealkylation sites (tertiary alicyclic amines) is 1. The van der Waals surface area contributed by atoms with E-state index in [0.717, 1.165) is 10.5 Å². The number of ether oxygens (including phenoxy) is 1. The molecule has 1 aromatic carbocycles. The van der Waals surface area contributed by atoms with Crippen LogP contribution in [0.5, 0.6) is 0 Å². The molecule has 1 N–H and O–H groups in total. The first-order chi connectivity index (χ1) is 13.8. The number of benzene rings is 1. The second-order valence-corrected chi connectivity index (χ2v) is 7.81. The Morgan fingerprint density at radius 3 is 2.10 bits per heavy atom. The molecule has 1 spiro atoms. The molecule has 0 radical (unpaired) electrons. The van der Waals surface area contributed by atoms with Crippen molar-refractivity contribution in [3.8, 4) is 0 Å². The summed E-state index contributed by atoms with van der Waals surface area (Å²) in [4.78, 5) is 25.1. The quantitative estimate of drug-likeness (QED) is 0.699. The Balaban J connectivity index is 1.53. The Morgan fingerprint density at radius 1 is 1.07 bits per heavy atom. The highest BCUT2D eigenvalue weighted by atomic mass is 19.4. The van der Waals surface area contributed by atoms with Crippen molar-refractivity contribution in [3.63, 3.8) is 0 Å². The minimum atomic E-state index is -5.75. The van der Waals surface area contributed by atoms with Crippen LogP contribution in [-0.4, -0.2) is 48.4 Å². The number of nitrogens with one attached hydrogen (secondary N) is 1. The normalized spacial score (nSPS) is 20.9. The Hall–Kier alpha value is -2.46. The van der Waals surface area contributed by atoms with E-state index < -0.39 is 24.5 Å². The molecule has 2 amide bonds. The van der Waals surface area contributed by atoms with Crippen molar-refractivity contribution < 1.29 is 40.7 Å². The van der Waals surface area contributed by atoms with Gasteiger partial charge in [-0.1, -0.05) is 17.7 Å². The first-order valence-electron chi connectivity index (χ1n) is 9.28. The molecule has 166 valence electrons. The molecule has 0 aromatic heterocycles. The third-order valence-electron chi connectivity index (χ3n) is 5.66. The molecule has 1 aliphatic heterocycles. The molecule has 0 bridgehead atoms. The highest BCUT2D eigenvalue weighted by Crippen LogP contribution is 2.59. The monoisotopic (exact) mass is 438 g/mol. The summed E-state index contributed by atoms with van der Waals surface area (Å²) in [6, 6.07) is 7.21. The van der Waals surface area contributed by atoms with Crippen LogP contribution in [-0.2, 0) is 9.53 Å². The fraction of sp³-hybridized carbons (Fsp3) is 0.579. The molecule has 2 aliphatic rings. The van der Waals surface area contributed by atoms with Crippen LogP contribution in [0.15, 0.2) is 24.3 Å². The lowest BCUT2D eigenvalue weighted by Crippen LogP contribution is -2.49. The third kappa shape index (κ3) is 4.81. The van der Waals surface area contributed by atoms with Crippen LogP contribution in [0.2, 0.25) is 0 Å². The minimum Gasteiger partial charge on any atom is -0.426 e. The van der Waals surface area contributed by atoms with Gasteiger partial charge in [0, 0.05) is 24.7 Å². The Bertz CT molecular complexity index is 784. The maximum Gasteiger partial charge on any atom is 0.434 e. The molecule has 5 nitrogen and oxygen atoms in total. The lowest BCUT2D eigenvalue weighted by molar-refractivity contribution is -0.308. The van der Waals surface area contributed by atoms with Crippen molar-refractivity contribution in [2.45, 2.75) is 44.6 Å². The van der Waals surface area contributed by atoms with Gasteiger partial charge in [0.2, 0.25) is 5.91 Å². The summed E-state index contributed by atoms with van der Waals surface area (Å²) in [6.07, 6.45) is -16.2. The van der Waals surface area contributed by atoms with Crippen LogP contribution < -0.4 is 5.32 Å². The number of carbonyl (C=O) groups excluding carboxylic acids is 2. The molecule has 1 aliphatic carbocycles. The van der Waals surface area contributed by atoms with Gasteiger partial charge in [-0.05, 0) is 43.7 Å². The molecule has 2 fully saturated rings. The van der Waals surface area contributed by atoms with E-state index in [-0.39, 0.29) is 30.3 Å². The van der Waals surface area contributed by atoms with Gasteiger partial charge in [0.1, 0.15) is 0 Å². The van der Waals surface area contributed by atoms with Gasteiger partial charge in [0.15, 0.2) is 0 Å². The number of hydrogen-bond donors (Lipinski definition) is 1. The summed E-state index contributed by atoms with van der Waals surface area (Å²) in [5, 5.41) is 2.80. The number of nitrogens with zero attached hydrogens (tertiary/aromatic N) is 1. The summed E-state index contributed by atoms with van der Waals surface area (Å²) in [6.45, 7) is 1.76. The first kappa shape index (κ1) is 22.2. The van der Waals surface area contributed by atoms with Crippen LogP contribution in [0.1, 0.15) is 24.8 Å². The second kappa shape index (κ2) is 7.66. The molecular weight excluding hydrogens is 418 g/mol. The van der Waals surface area contributed by atoms with Crippen molar-refractivity contribution in [2.75, 3.05) is 18.4 Å². The average molecular weight is 438 g/mol. The largest absolute Gasteiger partial charge is 0.434 e. The number of aryl methyl sites for hydroxylation is 1. The minimum absolute atomic E-state index is 0.0738. The molecule has 0 unspecified atom stereocenters. The van der Waals surface area contributed by atoms with Gasteiger partial charge < -0.3 is 15.0 Å². The predicted octanol–water partition coefficient (Wildman–Crippen LogP) is 4.67. The van der Waals surface area contributed by atoms with Crippen LogP contribution in [0, 0.1) is 18.3 Å². The summed E-state index contributed by atoms with van der Waals surface area (Å²) in [5.74, 6) is -0.501. The molecule has 30 heavy (non-hydrogen) atoms. The maximum absolute atomic E-state index is 12.6. The van der Waals surface area contributed by atoms with E-state index in [4.69, 9.17) is 0 Å².